The third-order valence-electron chi connectivity index (χ3n) is 10.7. The topological polar surface area (TPSA) is 163 Å². The van der Waals surface area contributed by atoms with Crippen LogP contribution < -0.4 is 10.6 Å². The zero-order valence-electron chi connectivity index (χ0n) is 33.2. The monoisotopic (exact) mass is 778 g/mol. The molecule has 1 aliphatic rings. The van der Waals surface area contributed by atoms with E-state index in [9.17, 15) is 37.5 Å². The molecule has 3 rings (SSSR count). The number of carboxylic acid groups (broad SMARTS) is 1. The van der Waals surface area contributed by atoms with E-state index in [1.807, 2.05) is 19.9 Å². The van der Waals surface area contributed by atoms with Crippen molar-refractivity contribution in [2.24, 2.45) is 17.8 Å². The number of aromatic nitrogens is 2. The largest absolute Gasteiger partial charge is 0.480 e. The number of ether oxygens (including phenoxy) is 2. The Morgan fingerprint density at radius 3 is 2.25 bits per heavy atom. The van der Waals surface area contributed by atoms with Crippen LogP contribution in [0, 0.1) is 17.8 Å². The zero-order chi connectivity index (χ0) is 41.2. The molecule has 8 atom stereocenters. The summed E-state index contributed by atoms with van der Waals surface area (Å²) in [6.07, 6.45) is -3.48. The molecule has 0 bridgehead atoms. The molecule has 2 aromatic rings. The fourth-order valence-electron chi connectivity index (χ4n) is 7.33. The molecule has 55 heavy (non-hydrogen) atoms. The maximum atomic E-state index is 14.2. The smallest absolute Gasteiger partial charge is 0.433 e. The summed E-state index contributed by atoms with van der Waals surface area (Å²) in [6.45, 7) is 10.9. The molecular formula is C39H57F3N6O7. The van der Waals surface area contributed by atoms with Gasteiger partial charge < -0.3 is 35.0 Å². The molecule has 2 heterocycles. The van der Waals surface area contributed by atoms with Crippen LogP contribution in [-0.4, -0.2) is 112 Å². The van der Waals surface area contributed by atoms with E-state index in [0.29, 0.717) is 25.8 Å². The van der Waals surface area contributed by atoms with E-state index in [1.165, 1.54) is 26.0 Å². The fourth-order valence-corrected chi connectivity index (χ4v) is 7.33. The number of halogens is 3. The maximum absolute atomic E-state index is 14.2. The second-order valence-corrected chi connectivity index (χ2v) is 15.0. The molecular weight excluding hydrogens is 721 g/mol. The highest BCUT2D eigenvalue weighted by molar-refractivity contribution is 5.88. The number of carboxylic acids is 1. The van der Waals surface area contributed by atoms with E-state index in [4.69, 9.17) is 9.47 Å². The molecule has 1 aromatic carbocycles. The average molecular weight is 779 g/mol. The van der Waals surface area contributed by atoms with Gasteiger partial charge in [0.2, 0.25) is 23.7 Å². The number of alkyl halides is 3. The Labute approximate surface area is 321 Å². The van der Waals surface area contributed by atoms with Gasteiger partial charge in [0.15, 0.2) is 0 Å². The van der Waals surface area contributed by atoms with Crippen molar-refractivity contribution in [3.63, 3.8) is 0 Å². The molecule has 306 valence electrons. The van der Waals surface area contributed by atoms with E-state index in [0.717, 1.165) is 17.8 Å². The average Bonchev–Trinajstić information content (AvgIpc) is 3.63. The van der Waals surface area contributed by atoms with Crippen molar-refractivity contribution in [3.8, 4) is 0 Å². The van der Waals surface area contributed by atoms with Gasteiger partial charge in [0.25, 0.3) is 0 Å². The number of carbonyl (C=O) groups is 4. The van der Waals surface area contributed by atoms with Gasteiger partial charge in [-0.1, -0.05) is 71.4 Å². The molecule has 13 nitrogen and oxygen atoms in total. The first-order valence-electron chi connectivity index (χ1n) is 18.7. The second-order valence-electron chi connectivity index (χ2n) is 15.0. The highest BCUT2D eigenvalue weighted by Crippen LogP contribution is 2.31. The number of benzene rings is 1. The summed E-state index contributed by atoms with van der Waals surface area (Å²) in [5, 5.41) is 15.6. The van der Waals surface area contributed by atoms with Crippen LogP contribution in [0.15, 0.2) is 42.6 Å². The molecule has 0 unspecified atom stereocenters. The van der Waals surface area contributed by atoms with Crippen LogP contribution in [0.3, 0.4) is 0 Å². The van der Waals surface area contributed by atoms with Gasteiger partial charge in [0.1, 0.15) is 17.3 Å². The first kappa shape index (κ1) is 45.1. The maximum Gasteiger partial charge on any atom is 0.433 e. The van der Waals surface area contributed by atoms with Crippen molar-refractivity contribution >= 4 is 29.6 Å². The first-order valence-corrected chi connectivity index (χ1v) is 18.7. The number of likely N-dealkylation sites (N-methyl/N-ethyl adjacent to an activating group) is 1. The molecule has 0 aliphatic carbocycles. The lowest BCUT2D eigenvalue weighted by molar-refractivity contribution is -0.150. The molecule has 16 heteroatoms. The van der Waals surface area contributed by atoms with Gasteiger partial charge in [0, 0.05) is 40.4 Å². The highest BCUT2D eigenvalue weighted by atomic mass is 19.4. The van der Waals surface area contributed by atoms with Crippen molar-refractivity contribution in [2.45, 2.75) is 116 Å². The highest BCUT2D eigenvalue weighted by Gasteiger charge is 2.44. The number of likely N-dealkylation sites (tertiary alicyclic amines) is 1. The number of amides is 3. The summed E-state index contributed by atoms with van der Waals surface area (Å²) in [5.41, 5.74) is -2.00. The van der Waals surface area contributed by atoms with Crippen LogP contribution in [0.5, 0.6) is 0 Å². The third kappa shape index (κ3) is 11.4. The van der Waals surface area contributed by atoms with Gasteiger partial charge in [-0.25, -0.2) is 14.8 Å². The van der Waals surface area contributed by atoms with E-state index in [-0.39, 0.29) is 36.5 Å². The van der Waals surface area contributed by atoms with Crippen LogP contribution in [0.2, 0.25) is 0 Å². The summed E-state index contributed by atoms with van der Waals surface area (Å²) >= 11 is 0. The fraction of sp³-hybridized carbons (Fsp3) is 0.641. The number of nitrogens with zero attached hydrogens (tertiary/aromatic N) is 4. The zero-order valence-corrected chi connectivity index (χ0v) is 33.2. The number of aliphatic carboxylic acids is 1. The number of nitrogens with one attached hydrogen (secondary N) is 2. The summed E-state index contributed by atoms with van der Waals surface area (Å²) in [5.74, 6) is -4.12. The van der Waals surface area contributed by atoms with Crippen molar-refractivity contribution in [1.29, 1.82) is 0 Å². The lowest BCUT2D eigenvalue weighted by Gasteiger charge is -2.41. The van der Waals surface area contributed by atoms with Crippen LogP contribution in [0.4, 0.5) is 19.1 Å². The molecule has 1 aromatic heterocycles. The SMILES string of the molecule is CC[C@H](C)[C@@H]([C@@H](CC(=O)N1CCC[C@H]1[C@H](OC)[C@@H](C)C(=O)N[C@@](C)(Cc1ccccc1)C(=O)O)OC)N(C)C(=O)[C@@H](Nc1nccc(C(F)(F)F)n1)C(C)C. The predicted octanol–water partition coefficient (Wildman–Crippen LogP) is 5.05. The lowest BCUT2D eigenvalue weighted by atomic mass is 9.89. The van der Waals surface area contributed by atoms with Crippen LogP contribution >= 0.6 is 0 Å². The third-order valence-corrected chi connectivity index (χ3v) is 10.7. The van der Waals surface area contributed by atoms with Crippen molar-refractivity contribution in [1.82, 2.24) is 25.1 Å². The molecule has 0 radical (unpaired) electrons. The van der Waals surface area contributed by atoms with Gasteiger partial charge in [0.05, 0.1) is 36.6 Å². The quantitative estimate of drug-likeness (QED) is 0.176. The number of hydrogen-bond donors (Lipinski definition) is 3. The molecule has 3 N–H and O–H groups in total. The second kappa shape index (κ2) is 19.5. The van der Waals surface area contributed by atoms with Gasteiger partial charge in [-0.15, -0.1) is 0 Å². The number of hydrogen-bond acceptors (Lipinski definition) is 9. The van der Waals surface area contributed by atoms with Gasteiger partial charge in [-0.2, -0.15) is 13.2 Å². The van der Waals surface area contributed by atoms with Crippen LogP contribution in [-0.2, 0) is 41.2 Å². The Morgan fingerprint density at radius 1 is 1.05 bits per heavy atom. The van der Waals surface area contributed by atoms with E-state index >= 15 is 0 Å². The normalized spacial score (nSPS) is 19.1. The number of methoxy groups -OCH3 is 2. The van der Waals surface area contributed by atoms with Crippen molar-refractivity contribution in [2.75, 3.05) is 33.1 Å². The van der Waals surface area contributed by atoms with Crippen molar-refractivity contribution in [3.05, 3.63) is 53.9 Å². The minimum Gasteiger partial charge on any atom is -0.480 e. The van der Waals surface area contributed by atoms with Crippen LogP contribution in [0.25, 0.3) is 0 Å². The van der Waals surface area contributed by atoms with E-state index < -0.39 is 71.4 Å². The van der Waals surface area contributed by atoms with Crippen LogP contribution in [0.1, 0.15) is 78.5 Å². The molecule has 3 amide bonds. The van der Waals surface area contributed by atoms with Crippen molar-refractivity contribution < 1.29 is 46.9 Å². The Hall–Kier alpha value is -4.31. The Bertz CT molecular complexity index is 1600. The van der Waals surface area contributed by atoms with Gasteiger partial charge in [-0.3, -0.25) is 14.4 Å². The van der Waals surface area contributed by atoms with Gasteiger partial charge >= 0.3 is 12.1 Å². The molecule has 0 spiro atoms. The van der Waals surface area contributed by atoms with E-state index in [2.05, 4.69) is 20.6 Å². The Balaban J connectivity index is 1.81. The minimum atomic E-state index is -4.69. The number of rotatable bonds is 19. The Morgan fingerprint density at radius 2 is 1.71 bits per heavy atom. The first-order chi connectivity index (χ1) is 25.8. The summed E-state index contributed by atoms with van der Waals surface area (Å²) in [7, 11) is 4.50. The summed E-state index contributed by atoms with van der Waals surface area (Å²) in [6, 6.07) is 7.64. The van der Waals surface area contributed by atoms with E-state index in [1.54, 1.807) is 57.0 Å². The minimum absolute atomic E-state index is 0.0625. The number of anilines is 1. The summed E-state index contributed by atoms with van der Waals surface area (Å²) < 4.78 is 51.9. The molecule has 1 saturated heterocycles. The molecule has 1 fully saturated rings. The Kier molecular flexibility index (Phi) is 16.0. The standard InChI is InChI=1S/C39H57F3N6O7/c1-10-24(4)32(47(7)35(51)31(23(2)3)45-37-43-19-18-29(44-37)39(40,41)42)28(54-8)21-30(49)48-20-14-17-27(48)33(55-9)25(5)34(50)46-38(6,36(52)53)22-26-15-12-11-13-16-26/h11-13,15-16,18-19,23-25,27-28,31-33H,10,14,17,20-22H2,1-9H3,(H,46,50)(H,52,53)(H,43,44,45)/t24-,25+,27-,28+,31-,32-,33+,38-/m0/s1. The molecule has 1 aliphatic heterocycles. The number of carbonyl (C=O) groups excluding carboxylic acids is 3. The summed E-state index contributed by atoms with van der Waals surface area (Å²) in [4.78, 5) is 64.9. The lowest BCUT2D eigenvalue weighted by Crippen LogP contribution is -2.58. The molecule has 0 saturated carbocycles. The predicted molar refractivity (Wildman–Crippen MR) is 200 cm³/mol. The van der Waals surface area contributed by atoms with Gasteiger partial charge in [-0.05, 0) is 43.2 Å².